The van der Waals surface area contributed by atoms with Gasteiger partial charge in [0.15, 0.2) is 18.2 Å². The minimum atomic E-state index is -0.472. The van der Waals surface area contributed by atoms with Crippen LogP contribution in [-0.2, 0) is 0 Å². The van der Waals surface area contributed by atoms with Crippen molar-refractivity contribution in [3.05, 3.63) is 53.7 Å². The number of amides is 2. The highest BCUT2D eigenvalue weighted by atomic mass is 35.5. The molecule has 38 heavy (non-hydrogen) atoms. The molecule has 3 aromatic rings. The van der Waals surface area contributed by atoms with Crippen LogP contribution in [0.15, 0.2) is 42.9 Å². The fourth-order valence-electron chi connectivity index (χ4n) is 5.19. The van der Waals surface area contributed by atoms with Gasteiger partial charge in [0.1, 0.15) is 12.1 Å². The van der Waals surface area contributed by atoms with Crippen LogP contribution in [0.1, 0.15) is 44.9 Å². The number of piperidine rings is 1. The van der Waals surface area contributed by atoms with Gasteiger partial charge in [0.05, 0.1) is 16.6 Å². The van der Waals surface area contributed by atoms with Crippen LogP contribution >= 0.6 is 11.6 Å². The number of urea groups is 1. The molecule has 5 rings (SSSR count). The number of hydrogen-bond acceptors (Lipinski definition) is 6. The normalized spacial score (nSPS) is 19.7. The van der Waals surface area contributed by atoms with Gasteiger partial charge in [-0.1, -0.05) is 11.6 Å². The zero-order valence-corrected chi connectivity index (χ0v) is 22.3. The van der Waals surface area contributed by atoms with Crippen molar-refractivity contribution in [3.63, 3.8) is 0 Å². The molecule has 0 atom stereocenters. The van der Waals surface area contributed by atoms with E-state index in [1.807, 2.05) is 29.0 Å². The second-order valence-electron chi connectivity index (χ2n) is 9.96. The van der Waals surface area contributed by atoms with E-state index in [0.717, 1.165) is 62.5 Å². The molecule has 2 heterocycles. The highest BCUT2D eigenvalue weighted by Gasteiger charge is 2.30. The Kier molecular flexibility index (Phi) is 8.32. The molecule has 2 amide bonds. The molecule has 202 valence electrons. The molecule has 8 nitrogen and oxygen atoms in total. The van der Waals surface area contributed by atoms with Crippen molar-refractivity contribution in [2.45, 2.75) is 57.1 Å². The Bertz CT molecular complexity index is 1260. The van der Waals surface area contributed by atoms with Crippen LogP contribution in [0.25, 0.3) is 10.9 Å². The molecule has 0 bridgehead atoms. The number of nitrogens with zero attached hydrogens (tertiary/aromatic N) is 4. The lowest BCUT2D eigenvalue weighted by molar-refractivity contribution is 0.0906. The molecule has 2 aliphatic rings. The summed E-state index contributed by atoms with van der Waals surface area (Å²) in [5.41, 5.74) is 1.39. The van der Waals surface area contributed by atoms with Gasteiger partial charge in [0, 0.05) is 49.5 Å². The summed E-state index contributed by atoms with van der Waals surface area (Å²) < 4.78 is 25.9. The number of fused-ring (bicyclic) bond motifs is 1. The number of nitrogens with one attached hydrogen (secondary N) is 1. The van der Waals surface area contributed by atoms with Crippen molar-refractivity contribution in [2.75, 3.05) is 32.2 Å². The molecule has 1 saturated carbocycles. The standard InChI is InChI=1S/C28H33ClFN5O3/c1-34(28(36)35-11-3-2-4-12-35)21-6-8-22(9-7-21)38-27-13-19-16-31-17-32-25(19)15-26(27)37-18-33-20-5-10-24(30)23(29)14-20/h5,10,13-17,21-22,33H,2-4,6-9,11-12,18H2,1H3. The number of likely N-dealkylation sites (tertiary alicyclic amines) is 1. The lowest BCUT2D eigenvalue weighted by atomic mass is 9.92. The van der Waals surface area contributed by atoms with Gasteiger partial charge in [-0.15, -0.1) is 0 Å². The maximum Gasteiger partial charge on any atom is 0.319 e. The third-order valence-corrected chi connectivity index (χ3v) is 7.70. The van der Waals surface area contributed by atoms with E-state index < -0.39 is 5.82 Å². The summed E-state index contributed by atoms with van der Waals surface area (Å²) in [6.45, 7) is 1.85. The molecule has 1 aromatic heterocycles. The Morgan fingerprint density at radius 3 is 2.68 bits per heavy atom. The predicted octanol–water partition coefficient (Wildman–Crippen LogP) is 6.10. The molecular weight excluding hydrogens is 509 g/mol. The summed E-state index contributed by atoms with van der Waals surface area (Å²) in [7, 11) is 1.93. The van der Waals surface area contributed by atoms with Crippen LogP contribution in [0.5, 0.6) is 11.5 Å². The lowest BCUT2D eigenvalue weighted by Crippen LogP contribution is -2.49. The average Bonchev–Trinajstić information content (AvgIpc) is 2.95. The first-order valence-corrected chi connectivity index (χ1v) is 13.6. The molecule has 0 unspecified atom stereocenters. The number of aromatic nitrogens is 2. The van der Waals surface area contributed by atoms with Gasteiger partial charge in [0.2, 0.25) is 0 Å². The van der Waals surface area contributed by atoms with E-state index in [4.69, 9.17) is 21.1 Å². The maximum atomic E-state index is 13.5. The van der Waals surface area contributed by atoms with E-state index in [-0.39, 0.29) is 29.9 Å². The molecule has 1 aliphatic heterocycles. The van der Waals surface area contributed by atoms with Crippen molar-refractivity contribution in [3.8, 4) is 11.5 Å². The monoisotopic (exact) mass is 541 g/mol. The Morgan fingerprint density at radius 1 is 1.13 bits per heavy atom. The van der Waals surface area contributed by atoms with E-state index in [0.29, 0.717) is 17.2 Å². The van der Waals surface area contributed by atoms with Crippen LogP contribution in [-0.4, -0.2) is 64.8 Å². The minimum Gasteiger partial charge on any atom is -0.487 e. The topological polar surface area (TPSA) is 79.8 Å². The van der Waals surface area contributed by atoms with Crippen molar-refractivity contribution >= 4 is 34.2 Å². The van der Waals surface area contributed by atoms with Crippen LogP contribution in [0.3, 0.4) is 0 Å². The van der Waals surface area contributed by atoms with Crippen molar-refractivity contribution in [2.24, 2.45) is 0 Å². The van der Waals surface area contributed by atoms with E-state index in [2.05, 4.69) is 15.3 Å². The number of halogens is 2. The van der Waals surface area contributed by atoms with Crippen molar-refractivity contribution < 1.29 is 18.7 Å². The third kappa shape index (κ3) is 6.20. The van der Waals surface area contributed by atoms with Crippen molar-refractivity contribution in [1.82, 2.24) is 19.8 Å². The van der Waals surface area contributed by atoms with Gasteiger partial charge < -0.3 is 24.6 Å². The summed E-state index contributed by atoms with van der Waals surface area (Å²) in [5.74, 6) is 0.698. The Balaban J connectivity index is 1.22. The van der Waals surface area contributed by atoms with E-state index in [1.54, 1.807) is 12.3 Å². The smallest absolute Gasteiger partial charge is 0.319 e. The summed E-state index contributed by atoms with van der Waals surface area (Å²) >= 11 is 5.88. The van der Waals surface area contributed by atoms with Gasteiger partial charge in [-0.2, -0.15) is 0 Å². The predicted molar refractivity (Wildman–Crippen MR) is 145 cm³/mol. The average molecular weight is 542 g/mol. The van der Waals surface area contributed by atoms with E-state index in [9.17, 15) is 9.18 Å². The first kappa shape index (κ1) is 26.3. The summed E-state index contributed by atoms with van der Waals surface area (Å²) in [6.07, 6.45) is 10.1. The van der Waals surface area contributed by atoms with Gasteiger partial charge in [-0.05, 0) is 69.2 Å². The molecule has 1 aliphatic carbocycles. The summed E-state index contributed by atoms with van der Waals surface area (Å²) in [6, 6.07) is 8.52. The maximum absolute atomic E-state index is 13.5. The number of rotatable bonds is 7. The molecule has 1 N–H and O–H groups in total. The van der Waals surface area contributed by atoms with Crippen LogP contribution < -0.4 is 14.8 Å². The van der Waals surface area contributed by atoms with Crippen LogP contribution in [0.4, 0.5) is 14.9 Å². The second kappa shape index (κ2) is 12.0. The van der Waals surface area contributed by atoms with Gasteiger partial charge in [0.25, 0.3) is 0 Å². The molecule has 0 radical (unpaired) electrons. The second-order valence-corrected chi connectivity index (χ2v) is 10.4. The molecule has 1 saturated heterocycles. The van der Waals surface area contributed by atoms with Crippen LogP contribution in [0.2, 0.25) is 5.02 Å². The highest BCUT2D eigenvalue weighted by Crippen LogP contribution is 2.35. The first-order valence-electron chi connectivity index (χ1n) is 13.2. The summed E-state index contributed by atoms with van der Waals surface area (Å²) in [5, 5.41) is 3.99. The Hall–Kier alpha value is -3.33. The molecule has 10 heteroatoms. The largest absolute Gasteiger partial charge is 0.487 e. The zero-order valence-electron chi connectivity index (χ0n) is 21.5. The number of carbonyl (C=O) groups excluding carboxylic acids is 1. The first-order chi connectivity index (χ1) is 18.5. The number of ether oxygens (including phenoxy) is 2. The van der Waals surface area contributed by atoms with Gasteiger partial charge >= 0.3 is 6.03 Å². The summed E-state index contributed by atoms with van der Waals surface area (Å²) in [4.78, 5) is 25.3. The Morgan fingerprint density at radius 2 is 1.92 bits per heavy atom. The highest BCUT2D eigenvalue weighted by molar-refractivity contribution is 6.31. The SMILES string of the molecule is CN(C(=O)N1CCCCC1)C1CCC(Oc2cc3cncnc3cc2OCNc2ccc(F)c(Cl)c2)CC1. The number of hydrogen-bond donors (Lipinski definition) is 1. The quantitative estimate of drug-likeness (QED) is 0.364. The van der Waals surface area contributed by atoms with Gasteiger partial charge in [-0.3, -0.25) is 0 Å². The van der Waals surface area contributed by atoms with Gasteiger partial charge in [-0.25, -0.2) is 19.2 Å². The molecule has 0 spiro atoms. The minimum absolute atomic E-state index is 0.0121. The van der Waals surface area contributed by atoms with Crippen LogP contribution in [0, 0.1) is 5.82 Å². The fraction of sp³-hybridized carbons (Fsp3) is 0.464. The Labute approximate surface area is 227 Å². The number of anilines is 1. The molecule has 2 fully saturated rings. The van der Waals surface area contributed by atoms with E-state index in [1.165, 1.54) is 24.9 Å². The van der Waals surface area contributed by atoms with Crippen molar-refractivity contribution in [1.29, 1.82) is 0 Å². The number of carbonyl (C=O) groups is 1. The fourth-order valence-corrected chi connectivity index (χ4v) is 5.37. The third-order valence-electron chi connectivity index (χ3n) is 7.41. The molecular formula is C28H33ClFN5O3. The lowest BCUT2D eigenvalue weighted by Gasteiger charge is -2.38. The van der Waals surface area contributed by atoms with E-state index >= 15 is 0 Å². The number of benzene rings is 2. The molecule has 2 aromatic carbocycles. The zero-order chi connectivity index (χ0) is 26.5.